The third-order valence-corrected chi connectivity index (χ3v) is 3.98. The zero-order valence-electron chi connectivity index (χ0n) is 12.2. The summed E-state index contributed by atoms with van der Waals surface area (Å²) < 4.78 is 5.29. The van der Waals surface area contributed by atoms with Crippen molar-refractivity contribution in [2.45, 2.75) is 38.5 Å². The molecule has 2 aliphatic rings. The molecule has 1 atom stereocenters. The average Bonchev–Trinajstić information content (AvgIpc) is 3.30. The van der Waals surface area contributed by atoms with Crippen LogP contribution in [0.15, 0.2) is 30.3 Å². The summed E-state index contributed by atoms with van der Waals surface area (Å²) >= 11 is 0. The first-order valence-corrected chi connectivity index (χ1v) is 7.42. The van der Waals surface area contributed by atoms with Crippen molar-refractivity contribution in [3.8, 4) is 0 Å². The molecule has 5 nitrogen and oxygen atoms in total. The molecule has 1 aliphatic heterocycles. The lowest BCUT2D eigenvalue weighted by molar-refractivity contribution is -0.139. The fourth-order valence-electron chi connectivity index (χ4n) is 2.83. The predicted octanol–water partition coefficient (Wildman–Crippen LogP) is 2.02. The summed E-state index contributed by atoms with van der Waals surface area (Å²) in [6, 6.07) is 10.0. The molecule has 2 fully saturated rings. The summed E-state index contributed by atoms with van der Waals surface area (Å²) in [5.74, 6) is 0.0351. The molecule has 5 heteroatoms. The van der Waals surface area contributed by atoms with Crippen molar-refractivity contribution in [3.05, 3.63) is 35.9 Å². The van der Waals surface area contributed by atoms with Crippen LogP contribution in [0.2, 0.25) is 0 Å². The van der Waals surface area contributed by atoms with Gasteiger partial charge in [-0.25, -0.2) is 4.79 Å². The van der Waals surface area contributed by atoms with Crippen molar-refractivity contribution in [3.63, 3.8) is 0 Å². The molecule has 3 rings (SSSR count). The first-order chi connectivity index (χ1) is 10.1. The average molecular weight is 288 g/mol. The van der Waals surface area contributed by atoms with Gasteiger partial charge in [0.15, 0.2) is 0 Å². The van der Waals surface area contributed by atoms with Gasteiger partial charge in [0.2, 0.25) is 5.91 Å². The first kappa shape index (κ1) is 13.9. The molecule has 0 aromatic heterocycles. The number of hydrogen-bond acceptors (Lipinski definition) is 3. The molecule has 1 aromatic rings. The third-order valence-electron chi connectivity index (χ3n) is 3.98. The summed E-state index contributed by atoms with van der Waals surface area (Å²) in [5.41, 5.74) is 0.946. The Morgan fingerprint density at radius 2 is 2.00 bits per heavy atom. The second-order valence-electron chi connectivity index (χ2n) is 5.80. The Morgan fingerprint density at radius 1 is 1.29 bits per heavy atom. The predicted molar refractivity (Wildman–Crippen MR) is 77.5 cm³/mol. The van der Waals surface area contributed by atoms with Gasteiger partial charge in [0.05, 0.1) is 0 Å². The van der Waals surface area contributed by atoms with Crippen LogP contribution in [0.1, 0.15) is 25.3 Å². The van der Waals surface area contributed by atoms with Crippen molar-refractivity contribution >= 4 is 12.0 Å². The van der Waals surface area contributed by atoms with Crippen molar-refractivity contribution in [1.29, 1.82) is 0 Å². The van der Waals surface area contributed by atoms with Crippen LogP contribution in [0, 0.1) is 0 Å². The molecule has 0 bridgehead atoms. The first-order valence-electron chi connectivity index (χ1n) is 7.42. The minimum Gasteiger partial charge on any atom is -0.445 e. The molecule has 1 saturated carbocycles. The number of piperazine rings is 1. The van der Waals surface area contributed by atoms with E-state index in [2.05, 4.69) is 0 Å². The van der Waals surface area contributed by atoms with Crippen molar-refractivity contribution in [2.75, 3.05) is 13.1 Å². The lowest BCUT2D eigenvalue weighted by Gasteiger charge is -2.39. The summed E-state index contributed by atoms with van der Waals surface area (Å²) in [4.78, 5) is 27.7. The Hall–Kier alpha value is -2.04. The van der Waals surface area contributed by atoms with Gasteiger partial charge in [-0.2, -0.15) is 0 Å². The number of rotatable bonds is 3. The molecule has 0 radical (unpaired) electrons. The summed E-state index contributed by atoms with van der Waals surface area (Å²) in [6.45, 7) is 2.92. The van der Waals surface area contributed by atoms with Crippen LogP contribution in [0.4, 0.5) is 4.79 Å². The minimum atomic E-state index is -0.408. The van der Waals surface area contributed by atoms with Gasteiger partial charge in [0.25, 0.3) is 0 Å². The van der Waals surface area contributed by atoms with Crippen molar-refractivity contribution in [2.24, 2.45) is 0 Å². The van der Waals surface area contributed by atoms with Gasteiger partial charge < -0.3 is 9.64 Å². The van der Waals surface area contributed by atoms with E-state index < -0.39 is 6.09 Å². The lowest BCUT2D eigenvalue weighted by atomic mass is 10.2. The molecule has 1 aromatic carbocycles. The fourth-order valence-corrected chi connectivity index (χ4v) is 2.83. The molecule has 112 valence electrons. The highest BCUT2D eigenvalue weighted by molar-refractivity contribution is 5.84. The number of carbonyl (C=O) groups excluding carboxylic acids is 2. The van der Waals surface area contributed by atoms with E-state index in [1.807, 2.05) is 42.2 Å². The van der Waals surface area contributed by atoms with Gasteiger partial charge in [0.1, 0.15) is 13.2 Å². The molecular formula is C16H20N2O3. The molecule has 1 saturated heterocycles. The molecular weight excluding hydrogens is 268 g/mol. The van der Waals surface area contributed by atoms with Gasteiger partial charge in [-0.15, -0.1) is 0 Å². The van der Waals surface area contributed by atoms with E-state index in [0.717, 1.165) is 18.4 Å². The number of carbonyl (C=O) groups is 2. The van der Waals surface area contributed by atoms with Gasteiger partial charge >= 0.3 is 6.09 Å². The summed E-state index contributed by atoms with van der Waals surface area (Å²) in [5, 5.41) is 0. The molecule has 1 unspecified atom stereocenters. The Balaban J connectivity index is 1.54. The Kier molecular flexibility index (Phi) is 3.82. The summed E-state index contributed by atoms with van der Waals surface area (Å²) in [7, 11) is 0. The van der Waals surface area contributed by atoms with E-state index in [4.69, 9.17) is 4.74 Å². The van der Waals surface area contributed by atoms with Gasteiger partial charge in [-0.05, 0) is 25.3 Å². The smallest absolute Gasteiger partial charge is 0.410 e. The van der Waals surface area contributed by atoms with Crippen LogP contribution in [0.25, 0.3) is 0 Å². The third kappa shape index (κ3) is 3.17. The minimum absolute atomic E-state index is 0.0351. The maximum atomic E-state index is 12.2. The molecule has 1 heterocycles. The monoisotopic (exact) mass is 288 g/mol. The number of benzene rings is 1. The zero-order chi connectivity index (χ0) is 14.8. The SMILES string of the molecule is CC1CN(C(=O)OCc2ccccc2)CC(=O)N1C1CC1. The van der Waals surface area contributed by atoms with Crippen LogP contribution in [0.5, 0.6) is 0 Å². The van der Waals surface area contributed by atoms with Crippen molar-refractivity contribution < 1.29 is 14.3 Å². The standard InChI is InChI=1S/C16H20N2O3/c1-12-9-17(10-15(19)18(12)14-7-8-14)16(20)21-11-13-5-3-2-4-6-13/h2-6,12,14H,7-11H2,1H3. The van der Waals surface area contributed by atoms with E-state index in [-0.39, 0.29) is 25.1 Å². The quantitative estimate of drug-likeness (QED) is 0.855. The van der Waals surface area contributed by atoms with Gasteiger partial charge in [-0.3, -0.25) is 9.69 Å². The van der Waals surface area contributed by atoms with Crippen LogP contribution < -0.4 is 0 Å². The van der Waals surface area contributed by atoms with E-state index in [9.17, 15) is 9.59 Å². The maximum absolute atomic E-state index is 12.2. The molecule has 1 aliphatic carbocycles. The van der Waals surface area contributed by atoms with E-state index >= 15 is 0 Å². The van der Waals surface area contributed by atoms with E-state index in [0.29, 0.717) is 12.6 Å². The molecule has 0 N–H and O–H groups in total. The number of ether oxygens (including phenoxy) is 1. The molecule has 2 amide bonds. The maximum Gasteiger partial charge on any atom is 0.410 e. The highest BCUT2D eigenvalue weighted by atomic mass is 16.6. The normalized spacial score (nSPS) is 22.3. The highest BCUT2D eigenvalue weighted by Gasteiger charge is 2.41. The van der Waals surface area contributed by atoms with Crippen molar-refractivity contribution in [1.82, 2.24) is 9.80 Å². The number of amides is 2. The Bertz CT molecular complexity index is 528. The fraction of sp³-hybridized carbons (Fsp3) is 0.500. The molecule has 0 spiro atoms. The van der Waals surface area contributed by atoms with Gasteiger partial charge in [-0.1, -0.05) is 30.3 Å². The topological polar surface area (TPSA) is 49.9 Å². The molecule has 21 heavy (non-hydrogen) atoms. The van der Waals surface area contributed by atoms with Crippen LogP contribution >= 0.6 is 0 Å². The lowest BCUT2D eigenvalue weighted by Crippen LogP contribution is -2.57. The zero-order valence-corrected chi connectivity index (χ0v) is 12.2. The summed E-state index contributed by atoms with van der Waals surface area (Å²) in [6.07, 6.45) is 1.78. The van der Waals surface area contributed by atoms with E-state index in [1.54, 1.807) is 0 Å². The number of hydrogen-bond donors (Lipinski definition) is 0. The highest BCUT2D eigenvalue weighted by Crippen LogP contribution is 2.30. The Morgan fingerprint density at radius 3 is 2.62 bits per heavy atom. The second kappa shape index (κ2) is 5.76. The van der Waals surface area contributed by atoms with E-state index in [1.165, 1.54) is 4.90 Å². The van der Waals surface area contributed by atoms with Crippen LogP contribution in [-0.4, -0.2) is 47.0 Å². The van der Waals surface area contributed by atoms with Crippen LogP contribution in [0.3, 0.4) is 0 Å². The number of nitrogens with zero attached hydrogens (tertiary/aromatic N) is 2. The largest absolute Gasteiger partial charge is 0.445 e. The second-order valence-corrected chi connectivity index (χ2v) is 5.80. The van der Waals surface area contributed by atoms with Gasteiger partial charge in [0, 0.05) is 18.6 Å². The van der Waals surface area contributed by atoms with Crippen LogP contribution in [-0.2, 0) is 16.1 Å². The Labute approximate surface area is 124 Å².